The topological polar surface area (TPSA) is 114 Å². The van der Waals surface area contributed by atoms with Crippen LogP contribution in [0.5, 0.6) is 11.5 Å². The fourth-order valence-corrected chi connectivity index (χ4v) is 4.32. The zero-order valence-corrected chi connectivity index (χ0v) is 19.8. The monoisotopic (exact) mass is 483 g/mol. The molecule has 0 bridgehead atoms. The van der Waals surface area contributed by atoms with E-state index < -0.39 is 21.8 Å². The van der Waals surface area contributed by atoms with Crippen LogP contribution in [0.15, 0.2) is 77.7 Å². The molecule has 2 amide bonds. The van der Waals surface area contributed by atoms with Crippen molar-refractivity contribution in [2.24, 2.45) is 0 Å². The standard InChI is InChI=1S/C24H25N3O6S/c1-4-33-21-14-13-18(16-22(21)32-3)24(29)26-25-23(28)17-9-8-12-20(15-17)34(30,31)27(2)19-10-6-5-7-11-19/h5-16H,4H2,1-3H3,(H,25,28)(H,26,29). The SMILES string of the molecule is CCOc1ccc(C(=O)NNC(=O)c2cccc(S(=O)(=O)N(C)c3ccccc3)c2)cc1OC. The van der Waals surface area contributed by atoms with Gasteiger partial charge < -0.3 is 9.47 Å². The molecule has 0 radical (unpaired) electrons. The number of hydrogen-bond acceptors (Lipinski definition) is 6. The van der Waals surface area contributed by atoms with Crippen LogP contribution in [0.3, 0.4) is 0 Å². The Hall–Kier alpha value is -4.05. The lowest BCUT2D eigenvalue weighted by molar-refractivity contribution is 0.0846. The number of carbonyl (C=O) groups is 2. The Morgan fingerprint density at radius 1 is 0.853 bits per heavy atom. The van der Waals surface area contributed by atoms with E-state index >= 15 is 0 Å². The first-order valence-electron chi connectivity index (χ1n) is 10.3. The van der Waals surface area contributed by atoms with E-state index in [1.807, 2.05) is 6.92 Å². The summed E-state index contributed by atoms with van der Waals surface area (Å²) in [7, 11) is -1.01. The molecule has 0 unspecified atom stereocenters. The van der Waals surface area contributed by atoms with Gasteiger partial charge in [-0.15, -0.1) is 0 Å². The van der Waals surface area contributed by atoms with Crippen LogP contribution in [0.1, 0.15) is 27.6 Å². The Morgan fingerprint density at radius 3 is 2.12 bits per heavy atom. The summed E-state index contributed by atoms with van der Waals surface area (Å²) in [6.07, 6.45) is 0. The molecule has 0 heterocycles. The molecule has 178 valence electrons. The number of amides is 2. The van der Waals surface area contributed by atoms with E-state index in [1.165, 1.54) is 50.6 Å². The van der Waals surface area contributed by atoms with Crippen LogP contribution in [0.25, 0.3) is 0 Å². The molecule has 0 fully saturated rings. The molecule has 34 heavy (non-hydrogen) atoms. The van der Waals surface area contributed by atoms with E-state index in [1.54, 1.807) is 36.4 Å². The van der Waals surface area contributed by atoms with E-state index in [0.29, 0.717) is 23.8 Å². The van der Waals surface area contributed by atoms with Crippen molar-refractivity contribution in [1.82, 2.24) is 10.9 Å². The summed E-state index contributed by atoms with van der Waals surface area (Å²) in [5.74, 6) is -0.390. The summed E-state index contributed by atoms with van der Waals surface area (Å²) < 4.78 is 37.8. The predicted octanol–water partition coefficient (Wildman–Crippen LogP) is 2.99. The van der Waals surface area contributed by atoms with Gasteiger partial charge in [0.15, 0.2) is 11.5 Å². The molecular weight excluding hydrogens is 458 g/mol. The van der Waals surface area contributed by atoms with Gasteiger partial charge in [0.2, 0.25) is 0 Å². The minimum Gasteiger partial charge on any atom is -0.493 e. The van der Waals surface area contributed by atoms with Crippen molar-refractivity contribution in [3.05, 3.63) is 83.9 Å². The Bertz CT molecular complexity index is 1280. The number of sulfonamides is 1. The molecule has 2 N–H and O–H groups in total. The third-order valence-corrected chi connectivity index (χ3v) is 6.67. The molecule has 10 heteroatoms. The molecule has 0 atom stereocenters. The summed E-state index contributed by atoms with van der Waals surface area (Å²) in [6.45, 7) is 2.27. The van der Waals surface area contributed by atoms with E-state index in [9.17, 15) is 18.0 Å². The first kappa shape index (κ1) is 24.6. The molecule has 0 aliphatic carbocycles. The van der Waals surface area contributed by atoms with Crippen molar-refractivity contribution < 1.29 is 27.5 Å². The van der Waals surface area contributed by atoms with Crippen molar-refractivity contribution in [2.45, 2.75) is 11.8 Å². The number of para-hydroxylation sites is 1. The highest BCUT2D eigenvalue weighted by Gasteiger charge is 2.22. The first-order chi connectivity index (χ1) is 16.3. The van der Waals surface area contributed by atoms with Crippen LogP contribution in [0.2, 0.25) is 0 Å². The fourth-order valence-electron chi connectivity index (χ4n) is 3.07. The zero-order valence-electron chi connectivity index (χ0n) is 18.9. The van der Waals surface area contributed by atoms with Crippen molar-refractivity contribution in [3.8, 4) is 11.5 Å². The van der Waals surface area contributed by atoms with Crippen LogP contribution in [-0.2, 0) is 10.0 Å². The van der Waals surface area contributed by atoms with E-state index in [0.717, 1.165) is 4.31 Å². The maximum Gasteiger partial charge on any atom is 0.269 e. The largest absolute Gasteiger partial charge is 0.493 e. The Kier molecular flexibility index (Phi) is 7.75. The second-order valence-corrected chi connectivity index (χ2v) is 9.01. The van der Waals surface area contributed by atoms with Crippen molar-refractivity contribution >= 4 is 27.5 Å². The summed E-state index contributed by atoms with van der Waals surface area (Å²) in [5, 5.41) is 0. The van der Waals surface area contributed by atoms with Gasteiger partial charge in [0.05, 0.1) is 24.3 Å². The Labute approximate surface area is 198 Å². The van der Waals surface area contributed by atoms with Crippen molar-refractivity contribution in [2.75, 3.05) is 25.1 Å². The average Bonchev–Trinajstić information content (AvgIpc) is 2.87. The summed E-state index contributed by atoms with van der Waals surface area (Å²) >= 11 is 0. The highest BCUT2D eigenvalue weighted by molar-refractivity contribution is 7.92. The average molecular weight is 484 g/mol. The van der Waals surface area contributed by atoms with Gasteiger partial charge in [0.25, 0.3) is 21.8 Å². The van der Waals surface area contributed by atoms with E-state index in [4.69, 9.17) is 9.47 Å². The van der Waals surface area contributed by atoms with Gasteiger partial charge in [-0.25, -0.2) is 8.42 Å². The molecule has 3 aromatic rings. The molecule has 9 nitrogen and oxygen atoms in total. The Morgan fingerprint density at radius 2 is 1.50 bits per heavy atom. The number of rotatable bonds is 8. The van der Waals surface area contributed by atoms with Gasteiger partial charge in [0, 0.05) is 18.2 Å². The minimum atomic E-state index is -3.90. The number of hydrazine groups is 1. The highest BCUT2D eigenvalue weighted by Crippen LogP contribution is 2.28. The number of methoxy groups -OCH3 is 1. The molecule has 0 aliphatic heterocycles. The number of anilines is 1. The maximum absolute atomic E-state index is 13.0. The zero-order chi connectivity index (χ0) is 24.7. The molecule has 3 rings (SSSR count). The third kappa shape index (κ3) is 5.46. The molecule has 0 saturated carbocycles. The van der Waals surface area contributed by atoms with E-state index in [-0.39, 0.29) is 16.0 Å². The number of ether oxygens (including phenoxy) is 2. The van der Waals surface area contributed by atoms with Gasteiger partial charge in [0.1, 0.15) is 0 Å². The third-order valence-electron chi connectivity index (χ3n) is 4.89. The summed E-state index contributed by atoms with van der Waals surface area (Å²) in [6, 6.07) is 18.7. The lowest BCUT2D eigenvalue weighted by atomic mass is 10.2. The second kappa shape index (κ2) is 10.7. The normalized spacial score (nSPS) is 10.8. The number of carbonyl (C=O) groups excluding carboxylic acids is 2. The second-order valence-electron chi connectivity index (χ2n) is 7.04. The van der Waals surface area contributed by atoms with Crippen LogP contribution in [0, 0.1) is 0 Å². The molecule has 3 aromatic carbocycles. The van der Waals surface area contributed by atoms with Crippen molar-refractivity contribution in [3.63, 3.8) is 0 Å². The van der Waals surface area contributed by atoms with Gasteiger partial charge in [-0.3, -0.25) is 24.7 Å². The lowest BCUT2D eigenvalue weighted by Crippen LogP contribution is -2.41. The summed E-state index contributed by atoms with van der Waals surface area (Å²) in [5.41, 5.74) is 5.39. The predicted molar refractivity (Wildman–Crippen MR) is 128 cm³/mol. The molecule has 0 aliphatic rings. The first-order valence-corrected chi connectivity index (χ1v) is 11.8. The number of nitrogens with one attached hydrogen (secondary N) is 2. The molecule has 0 aromatic heterocycles. The minimum absolute atomic E-state index is 0.0610. The summed E-state index contributed by atoms with van der Waals surface area (Å²) in [4.78, 5) is 25.0. The Balaban J connectivity index is 1.72. The molecule has 0 saturated heterocycles. The lowest BCUT2D eigenvalue weighted by Gasteiger charge is -2.19. The van der Waals surface area contributed by atoms with Crippen LogP contribution in [-0.4, -0.2) is 41.0 Å². The quantitative estimate of drug-likeness (QED) is 0.476. The van der Waals surface area contributed by atoms with Crippen molar-refractivity contribution in [1.29, 1.82) is 0 Å². The van der Waals surface area contributed by atoms with Crippen LogP contribution in [0.4, 0.5) is 5.69 Å². The number of hydrogen-bond donors (Lipinski definition) is 2. The molecular formula is C24H25N3O6S. The fraction of sp³-hybridized carbons (Fsp3) is 0.167. The maximum atomic E-state index is 13.0. The van der Waals surface area contributed by atoms with E-state index in [2.05, 4.69) is 10.9 Å². The van der Waals surface area contributed by atoms with Crippen LogP contribution >= 0.6 is 0 Å². The highest BCUT2D eigenvalue weighted by atomic mass is 32.2. The smallest absolute Gasteiger partial charge is 0.269 e. The number of benzene rings is 3. The molecule has 0 spiro atoms. The number of nitrogens with zero attached hydrogens (tertiary/aromatic N) is 1. The van der Waals surface area contributed by atoms with Crippen LogP contribution < -0.4 is 24.6 Å². The van der Waals surface area contributed by atoms with Gasteiger partial charge in [-0.2, -0.15) is 0 Å². The van der Waals surface area contributed by atoms with Gasteiger partial charge in [-0.1, -0.05) is 24.3 Å². The van der Waals surface area contributed by atoms with Gasteiger partial charge >= 0.3 is 0 Å². The van der Waals surface area contributed by atoms with Gasteiger partial charge in [-0.05, 0) is 55.5 Å².